The van der Waals surface area contributed by atoms with E-state index in [1.165, 1.54) is 12.8 Å². The second kappa shape index (κ2) is 4.13. The molecule has 76 valence electrons. The Morgan fingerprint density at radius 3 is 2.93 bits per heavy atom. The first kappa shape index (κ1) is 9.71. The molecule has 1 atom stereocenters. The van der Waals surface area contributed by atoms with Gasteiger partial charge in [0.1, 0.15) is 0 Å². The average molecular weight is 212 g/mol. The zero-order chi connectivity index (χ0) is 9.97. The summed E-state index contributed by atoms with van der Waals surface area (Å²) in [7, 11) is 0. The molecule has 0 unspecified atom stereocenters. The van der Waals surface area contributed by atoms with Crippen LogP contribution in [-0.2, 0) is 0 Å². The van der Waals surface area contributed by atoms with E-state index in [9.17, 15) is 0 Å². The Hall–Kier alpha value is -0.830. The van der Waals surface area contributed by atoms with Gasteiger partial charge in [0, 0.05) is 13.1 Å². The summed E-state index contributed by atoms with van der Waals surface area (Å²) < 4.78 is 0. The molecular formula is C10H14ClN3. The summed E-state index contributed by atoms with van der Waals surface area (Å²) in [6.07, 6.45) is 2.56. The van der Waals surface area contributed by atoms with Gasteiger partial charge in [0.05, 0.1) is 0 Å². The van der Waals surface area contributed by atoms with E-state index in [2.05, 4.69) is 22.0 Å². The van der Waals surface area contributed by atoms with E-state index in [-0.39, 0.29) is 0 Å². The van der Waals surface area contributed by atoms with Gasteiger partial charge >= 0.3 is 0 Å². The van der Waals surface area contributed by atoms with Gasteiger partial charge in [-0.1, -0.05) is 18.5 Å². The number of hydrogen-bond donors (Lipinski definition) is 0. The Kier molecular flexibility index (Phi) is 2.87. The van der Waals surface area contributed by atoms with Crippen molar-refractivity contribution in [1.82, 2.24) is 10.2 Å². The SMILES string of the molecule is C[C@@H]1CCCN(c2ccc(Cl)nn2)C1. The topological polar surface area (TPSA) is 29.0 Å². The molecule has 2 rings (SSSR count). The molecule has 0 saturated carbocycles. The zero-order valence-electron chi connectivity index (χ0n) is 8.28. The first-order valence-corrected chi connectivity index (χ1v) is 5.37. The highest BCUT2D eigenvalue weighted by Crippen LogP contribution is 2.20. The van der Waals surface area contributed by atoms with Crippen molar-refractivity contribution < 1.29 is 0 Å². The monoisotopic (exact) mass is 211 g/mol. The summed E-state index contributed by atoms with van der Waals surface area (Å²) in [4.78, 5) is 2.28. The van der Waals surface area contributed by atoms with Crippen molar-refractivity contribution in [2.24, 2.45) is 5.92 Å². The normalized spacial score (nSPS) is 22.4. The average Bonchev–Trinajstić information content (AvgIpc) is 2.19. The van der Waals surface area contributed by atoms with Crippen LogP contribution in [0.3, 0.4) is 0 Å². The largest absolute Gasteiger partial charge is 0.355 e. The van der Waals surface area contributed by atoms with E-state index in [0.717, 1.165) is 24.8 Å². The molecule has 4 heteroatoms. The van der Waals surface area contributed by atoms with Crippen LogP contribution in [-0.4, -0.2) is 23.3 Å². The predicted molar refractivity (Wildman–Crippen MR) is 57.7 cm³/mol. The van der Waals surface area contributed by atoms with Crippen LogP contribution in [0.1, 0.15) is 19.8 Å². The minimum Gasteiger partial charge on any atom is -0.355 e. The lowest BCUT2D eigenvalue weighted by Gasteiger charge is -2.31. The number of hydrogen-bond acceptors (Lipinski definition) is 3. The van der Waals surface area contributed by atoms with E-state index in [1.807, 2.05) is 6.07 Å². The molecular weight excluding hydrogens is 198 g/mol. The molecule has 1 saturated heterocycles. The third-order valence-corrected chi connectivity index (χ3v) is 2.80. The Morgan fingerprint density at radius 2 is 2.29 bits per heavy atom. The van der Waals surface area contributed by atoms with Crippen LogP contribution in [0.4, 0.5) is 5.82 Å². The molecule has 1 aromatic rings. The summed E-state index contributed by atoms with van der Waals surface area (Å²) in [5, 5.41) is 8.39. The van der Waals surface area contributed by atoms with Crippen molar-refractivity contribution in [3.8, 4) is 0 Å². The molecule has 0 spiro atoms. The fraction of sp³-hybridized carbons (Fsp3) is 0.600. The van der Waals surface area contributed by atoms with E-state index < -0.39 is 0 Å². The molecule has 0 radical (unpaired) electrons. The van der Waals surface area contributed by atoms with Gasteiger partial charge in [0.25, 0.3) is 0 Å². The first-order valence-electron chi connectivity index (χ1n) is 5.00. The van der Waals surface area contributed by atoms with Crippen LogP contribution < -0.4 is 4.90 Å². The lowest BCUT2D eigenvalue weighted by atomic mass is 10.0. The Balaban J connectivity index is 2.10. The van der Waals surface area contributed by atoms with Crippen LogP contribution in [0.5, 0.6) is 0 Å². The highest BCUT2D eigenvalue weighted by molar-refractivity contribution is 6.29. The summed E-state index contributed by atoms with van der Waals surface area (Å²) in [5.41, 5.74) is 0. The Bertz CT molecular complexity index is 299. The number of halogens is 1. The molecule has 2 heterocycles. The summed E-state index contributed by atoms with van der Waals surface area (Å²) >= 11 is 5.69. The highest BCUT2D eigenvalue weighted by Gasteiger charge is 2.17. The summed E-state index contributed by atoms with van der Waals surface area (Å²) in [6.45, 7) is 4.44. The molecule has 1 aromatic heterocycles. The van der Waals surface area contributed by atoms with Crippen LogP contribution in [0.2, 0.25) is 5.15 Å². The fourth-order valence-electron chi connectivity index (χ4n) is 1.88. The van der Waals surface area contributed by atoms with Gasteiger partial charge in [-0.3, -0.25) is 0 Å². The van der Waals surface area contributed by atoms with E-state index in [0.29, 0.717) is 5.15 Å². The Morgan fingerprint density at radius 1 is 1.43 bits per heavy atom. The smallest absolute Gasteiger partial charge is 0.151 e. The van der Waals surface area contributed by atoms with Crippen LogP contribution in [0.25, 0.3) is 0 Å². The van der Waals surface area contributed by atoms with Crippen molar-refractivity contribution in [2.45, 2.75) is 19.8 Å². The van der Waals surface area contributed by atoms with Gasteiger partial charge in [0.15, 0.2) is 11.0 Å². The number of nitrogens with zero attached hydrogens (tertiary/aromatic N) is 3. The van der Waals surface area contributed by atoms with Gasteiger partial charge in [-0.25, -0.2) is 0 Å². The number of aromatic nitrogens is 2. The molecule has 1 fully saturated rings. The maximum Gasteiger partial charge on any atom is 0.151 e. The molecule has 3 nitrogen and oxygen atoms in total. The minimum absolute atomic E-state index is 0.457. The third kappa shape index (κ3) is 2.15. The summed E-state index contributed by atoms with van der Waals surface area (Å²) in [5.74, 6) is 1.70. The number of rotatable bonds is 1. The highest BCUT2D eigenvalue weighted by atomic mass is 35.5. The lowest BCUT2D eigenvalue weighted by molar-refractivity contribution is 0.443. The van der Waals surface area contributed by atoms with Crippen molar-refractivity contribution in [1.29, 1.82) is 0 Å². The second-order valence-corrected chi connectivity index (χ2v) is 4.29. The molecule has 0 bridgehead atoms. The molecule has 1 aliphatic rings. The molecule has 0 aromatic carbocycles. The standard InChI is InChI=1S/C10H14ClN3/c1-8-3-2-6-14(7-8)10-5-4-9(11)12-13-10/h4-5,8H,2-3,6-7H2,1H3/t8-/m1/s1. The van der Waals surface area contributed by atoms with Crippen molar-refractivity contribution in [3.05, 3.63) is 17.3 Å². The Labute approximate surface area is 89.1 Å². The number of anilines is 1. The van der Waals surface area contributed by atoms with Crippen molar-refractivity contribution in [3.63, 3.8) is 0 Å². The van der Waals surface area contributed by atoms with Crippen molar-refractivity contribution >= 4 is 17.4 Å². The van der Waals surface area contributed by atoms with E-state index >= 15 is 0 Å². The molecule has 0 N–H and O–H groups in total. The van der Waals surface area contributed by atoms with E-state index in [1.54, 1.807) is 6.07 Å². The maximum absolute atomic E-state index is 5.69. The predicted octanol–water partition coefficient (Wildman–Crippen LogP) is 2.37. The fourth-order valence-corrected chi connectivity index (χ4v) is 1.98. The van der Waals surface area contributed by atoms with Crippen LogP contribution >= 0.6 is 11.6 Å². The van der Waals surface area contributed by atoms with E-state index in [4.69, 9.17) is 11.6 Å². The zero-order valence-corrected chi connectivity index (χ0v) is 9.04. The quantitative estimate of drug-likeness (QED) is 0.714. The maximum atomic E-state index is 5.69. The van der Waals surface area contributed by atoms with Gasteiger partial charge in [-0.15, -0.1) is 10.2 Å². The lowest BCUT2D eigenvalue weighted by Crippen LogP contribution is -2.34. The molecule has 0 amide bonds. The van der Waals surface area contributed by atoms with Crippen LogP contribution in [0, 0.1) is 5.92 Å². The van der Waals surface area contributed by atoms with Crippen molar-refractivity contribution in [2.75, 3.05) is 18.0 Å². The second-order valence-electron chi connectivity index (χ2n) is 3.91. The summed E-state index contributed by atoms with van der Waals surface area (Å²) in [6, 6.07) is 3.73. The van der Waals surface area contributed by atoms with Crippen LogP contribution in [0.15, 0.2) is 12.1 Å². The number of piperidine rings is 1. The van der Waals surface area contributed by atoms with Gasteiger partial charge in [-0.05, 0) is 30.9 Å². The third-order valence-electron chi connectivity index (χ3n) is 2.60. The molecule has 1 aliphatic heterocycles. The minimum atomic E-state index is 0.457. The van der Waals surface area contributed by atoms with Gasteiger partial charge < -0.3 is 4.90 Å². The molecule has 14 heavy (non-hydrogen) atoms. The van der Waals surface area contributed by atoms with Gasteiger partial charge in [0.2, 0.25) is 0 Å². The van der Waals surface area contributed by atoms with Gasteiger partial charge in [-0.2, -0.15) is 0 Å². The molecule has 0 aliphatic carbocycles. The first-order chi connectivity index (χ1) is 6.75.